The molecule has 2 heterocycles. The van der Waals surface area contributed by atoms with E-state index in [1.807, 2.05) is 18.2 Å². The number of hydrogen-bond donors (Lipinski definition) is 1. The van der Waals surface area contributed by atoms with Gasteiger partial charge < -0.3 is 10.1 Å². The fourth-order valence-corrected chi connectivity index (χ4v) is 2.72. The van der Waals surface area contributed by atoms with Crippen LogP contribution in [0.4, 0.5) is 5.69 Å². The molecule has 3 rings (SSSR count). The molecular formula is C14H17NO2. The number of carbonyl (C=O) groups is 1. The van der Waals surface area contributed by atoms with Crippen molar-refractivity contribution in [3.05, 3.63) is 29.8 Å². The molecule has 0 bridgehead atoms. The maximum Gasteiger partial charge on any atom is 0.160 e. The van der Waals surface area contributed by atoms with Gasteiger partial charge in [-0.1, -0.05) is 18.2 Å². The Morgan fingerprint density at radius 3 is 3.00 bits per heavy atom. The first-order chi connectivity index (χ1) is 8.34. The van der Waals surface area contributed by atoms with Crippen LogP contribution in [0.1, 0.15) is 18.4 Å². The normalized spacial score (nSPS) is 27.3. The van der Waals surface area contributed by atoms with E-state index in [4.69, 9.17) is 4.74 Å². The van der Waals surface area contributed by atoms with E-state index < -0.39 is 0 Å². The lowest BCUT2D eigenvalue weighted by Gasteiger charge is -2.23. The minimum atomic E-state index is -0.0425. The standard InChI is InChI=1S/C14H17NO2/c16-14(11-5-3-7-17-9-11)13-8-10-4-1-2-6-12(10)15-13/h1-2,4,6,11,13,15H,3,5,7-9H2. The Bertz CT molecular complexity index is 399. The second-order valence-electron chi connectivity index (χ2n) is 4.87. The quantitative estimate of drug-likeness (QED) is 0.846. The zero-order chi connectivity index (χ0) is 11.7. The van der Waals surface area contributed by atoms with Crippen LogP contribution in [-0.4, -0.2) is 25.0 Å². The Kier molecular flexibility index (Phi) is 2.85. The Morgan fingerprint density at radius 1 is 1.35 bits per heavy atom. The summed E-state index contributed by atoms with van der Waals surface area (Å²) in [5.41, 5.74) is 2.37. The van der Waals surface area contributed by atoms with Crippen LogP contribution >= 0.6 is 0 Å². The molecule has 0 spiro atoms. The van der Waals surface area contributed by atoms with Gasteiger partial charge in [0.2, 0.25) is 0 Å². The molecule has 0 amide bonds. The summed E-state index contributed by atoms with van der Waals surface area (Å²) in [5.74, 6) is 0.413. The molecule has 2 aliphatic rings. The van der Waals surface area contributed by atoms with Gasteiger partial charge in [0.05, 0.1) is 12.6 Å². The number of fused-ring (bicyclic) bond motifs is 1. The number of carbonyl (C=O) groups excluding carboxylic acids is 1. The van der Waals surface area contributed by atoms with Gasteiger partial charge in [0, 0.05) is 24.6 Å². The highest BCUT2D eigenvalue weighted by atomic mass is 16.5. The monoisotopic (exact) mass is 231 g/mol. The van der Waals surface area contributed by atoms with Crippen LogP contribution in [0, 0.1) is 5.92 Å². The minimum Gasteiger partial charge on any atom is -0.381 e. The number of Topliss-reactive ketones (excluding diaryl/α,β-unsaturated/α-hetero) is 1. The first-order valence-corrected chi connectivity index (χ1v) is 6.30. The van der Waals surface area contributed by atoms with Gasteiger partial charge in [-0.05, 0) is 24.5 Å². The van der Waals surface area contributed by atoms with E-state index in [2.05, 4.69) is 11.4 Å². The van der Waals surface area contributed by atoms with Crippen LogP contribution in [0.15, 0.2) is 24.3 Å². The van der Waals surface area contributed by atoms with E-state index in [0.29, 0.717) is 12.4 Å². The number of para-hydroxylation sites is 1. The lowest BCUT2D eigenvalue weighted by Crippen LogP contribution is -2.37. The number of hydrogen-bond acceptors (Lipinski definition) is 3. The molecule has 1 fully saturated rings. The number of rotatable bonds is 2. The van der Waals surface area contributed by atoms with Crippen molar-refractivity contribution in [1.82, 2.24) is 0 Å². The first-order valence-electron chi connectivity index (χ1n) is 6.30. The zero-order valence-electron chi connectivity index (χ0n) is 9.82. The molecular weight excluding hydrogens is 214 g/mol. The number of anilines is 1. The number of benzene rings is 1. The summed E-state index contributed by atoms with van der Waals surface area (Å²) in [6.07, 6.45) is 2.81. The molecule has 2 atom stereocenters. The van der Waals surface area contributed by atoms with E-state index >= 15 is 0 Å². The van der Waals surface area contributed by atoms with Gasteiger partial charge in [-0.15, -0.1) is 0 Å². The largest absolute Gasteiger partial charge is 0.381 e. The number of ketones is 1. The number of ether oxygens (including phenoxy) is 1. The highest BCUT2D eigenvalue weighted by Crippen LogP contribution is 2.28. The summed E-state index contributed by atoms with van der Waals surface area (Å²) in [6, 6.07) is 8.12. The van der Waals surface area contributed by atoms with Crippen molar-refractivity contribution >= 4 is 11.5 Å². The maximum absolute atomic E-state index is 12.3. The van der Waals surface area contributed by atoms with Crippen molar-refractivity contribution in [2.45, 2.75) is 25.3 Å². The molecule has 1 aromatic rings. The maximum atomic E-state index is 12.3. The van der Waals surface area contributed by atoms with Gasteiger partial charge in [-0.25, -0.2) is 0 Å². The third kappa shape index (κ3) is 2.07. The van der Waals surface area contributed by atoms with Crippen molar-refractivity contribution in [3.8, 4) is 0 Å². The van der Waals surface area contributed by atoms with E-state index in [-0.39, 0.29) is 12.0 Å². The molecule has 17 heavy (non-hydrogen) atoms. The predicted molar refractivity (Wildman–Crippen MR) is 66.1 cm³/mol. The van der Waals surface area contributed by atoms with Crippen LogP contribution in [0.2, 0.25) is 0 Å². The van der Waals surface area contributed by atoms with Crippen LogP contribution in [0.25, 0.3) is 0 Å². The Balaban J connectivity index is 1.69. The van der Waals surface area contributed by atoms with E-state index in [0.717, 1.165) is 31.6 Å². The SMILES string of the molecule is O=C(C1CCCOC1)C1Cc2ccccc2N1. The fraction of sp³-hybridized carbons (Fsp3) is 0.500. The van der Waals surface area contributed by atoms with Gasteiger partial charge in [-0.3, -0.25) is 4.79 Å². The van der Waals surface area contributed by atoms with Crippen LogP contribution in [-0.2, 0) is 16.0 Å². The summed E-state index contributed by atoms with van der Waals surface area (Å²) in [7, 11) is 0. The van der Waals surface area contributed by atoms with Gasteiger partial charge >= 0.3 is 0 Å². The molecule has 1 N–H and O–H groups in total. The smallest absolute Gasteiger partial charge is 0.160 e. The summed E-state index contributed by atoms with van der Waals surface area (Å²) < 4.78 is 5.39. The van der Waals surface area contributed by atoms with Crippen LogP contribution < -0.4 is 5.32 Å². The Morgan fingerprint density at radius 2 is 2.24 bits per heavy atom. The van der Waals surface area contributed by atoms with Gasteiger partial charge in [0.25, 0.3) is 0 Å². The van der Waals surface area contributed by atoms with Crippen molar-refractivity contribution < 1.29 is 9.53 Å². The van der Waals surface area contributed by atoms with E-state index in [9.17, 15) is 4.79 Å². The minimum absolute atomic E-state index is 0.0425. The van der Waals surface area contributed by atoms with Crippen LogP contribution in [0.5, 0.6) is 0 Å². The highest BCUT2D eigenvalue weighted by molar-refractivity contribution is 5.91. The highest BCUT2D eigenvalue weighted by Gasteiger charge is 2.32. The van der Waals surface area contributed by atoms with Crippen molar-refractivity contribution in [2.24, 2.45) is 5.92 Å². The summed E-state index contributed by atoms with van der Waals surface area (Å²) >= 11 is 0. The van der Waals surface area contributed by atoms with Crippen molar-refractivity contribution in [1.29, 1.82) is 0 Å². The summed E-state index contributed by atoms with van der Waals surface area (Å²) in [5, 5.41) is 3.33. The second kappa shape index (κ2) is 4.49. The average molecular weight is 231 g/mol. The fourth-order valence-electron chi connectivity index (χ4n) is 2.72. The Hall–Kier alpha value is -1.35. The zero-order valence-corrected chi connectivity index (χ0v) is 9.82. The summed E-state index contributed by atoms with van der Waals surface area (Å²) in [4.78, 5) is 12.3. The molecule has 3 heteroatoms. The van der Waals surface area contributed by atoms with E-state index in [1.54, 1.807) is 0 Å². The topological polar surface area (TPSA) is 38.3 Å². The molecule has 1 aromatic carbocycles. The van der Waals surface area contributed by atoms with Crippen molar-refractivity contribution in [2.75, 3.05) is 18.5 Å². The molecule has 0 aromatic heterocycles. The molecule has 2 unspecified atom stereocenters. The second-order valence-corrected chi connectivity index (χ2v) is 4.87. The predicted octanol–water partition coefficient (Wildman–Crippen LogP) is 2.02. The third-order valence-electron chi connectivity index (χ3n) is 3.68. The van der Waals surface area contributed by atoms with Crippen LogP contribution in [0.3, 0.4) is 0 Å². The molecule has 90 valence electrons. The lowest BCUT2D eigenvalue weighted by molar-refractivity contribution is -0.127. The molecule has 1 saturated heterocycles. The lowest BCUT2D eigenvalue weighted by atomic mass is 9.91. The third-order valence-corrected chi connectivity index (χ3v) is 3.68. The molecule has 2 aliphatic heterocycles. The van der Waals surface area contributed by atoms with Crippen molar-refractivity contribution in [3.63, 3.8) is 0 Å². The molecule has 3 nitrogen and oxygen atoms in total. The number of nitrogens with one attached hydrogen (secondary N) is 1. The van der Waals surface area contributed by atoms with Gasteiger partial charge in [-0.2, -0.15) is 0 Å². The van der Waals surface area contributed by atoms with Gasteiger partial charge in [0.15, 0.2) is 5.78 Å². The molecule has 0 radical (unpaired) electrons. The first kappa shape index (κ1) is 10.8. The summed E-state index contributed by atoms with van der Waals surface area (Å²) in [6.45, 7) is 1.41. The van der Waals surface area contributed by atoms with Gasteiger partial charge in [0.1, 0.15) is 0 Å². The Labute approximate surface area is 101 Å². The average Bonchev–Trinajstić information content (AvgIpc) is 2.82. The molecule has 0 aliphatic carbocycles. The molecule has 0 saturated carbocycles. The van der Waals surface area contributed by atoms with E-state index in [1.165, 1.54) is 5.56 Å².